The summed E-state index contributed by atoms with van der Waals surface area (Å²) in [5.41, 5.74) is 0. The van der Waals surface area contributed by atoms with Gasteiger partial charge in [0.1, 0.15) is 37.1 Å². The number of aliphatic hydroxyl groups is 3. The third-order valence-corrected chi connectivity index (χ3v) is 8.31. The summed E-state index contributed by atoms with van der Waals surface area (Å²) in [6, 6.07) is 0. The van der Waals surface area contributed by atoms with Crippen molar-refractivity contribution >= 4 is 5.97 Å². The van der Waals surface area contributed by atoms with Crippen LogP contribution < -0.4 is 0 Å². The van der Waals surface area contributed by atoms with Crippen LogP contribution in [0.15, 0.2) is 0 Å². The van der Waals surface area contributed by atoms with E-state index in [0.717, 1.165) is 38.5 Å². The molecule has 2 rings (SSSR count). The molecule has 2 heterocycles. The zero-order valence-electron chi connectivity index (χ0n) is 26.6. The summed E-state index contributed by atoms with van der Waals surface area (Å²) in [6.45, 7) is 4.34. The molecule has 2 aliphatic heterocycles. The summed E-state index contributed by atoms with van der Waals surface area (Å²) in [5, 5.41) is 31.1. The molecule has 2 fully saturated rings. The minimum atomic E-state index is -1.28. The SMILES string of the molecule is CCCCCCCCCCCC(=O)OC[C@@H](O)CO[C@@H]1O[C@@H]([C@H]2CO[C@@H](CCCCCCCCCCC)O2)[C@H](O)[C@H]1O. The van der Waals surface area contributed by atoms with Gasteiger partial charge in [-0.3, -0.25) is 4.79 Å². The molecule has 2 aliphatic rings. The van der Waals surface area contributed by atoms with Crippen molar-refractivity contribution in [1.29, 1.82) is 0 Å². The molecule has 0 aromatic rings. The lowest BCUT2D eigenvalue weighted by molar-refractivity contribution is -0.195. The molecule has 0 amide bonds. The second-order valence-electron chi connectivity index (χ2n) is 12.3. The molecule has 2 saturated heterocycles. The van der Waals surface area contributed by atoms with E-state index in [9.17, 15) is 20.1 Å². The minimum absolute atomic E-state index is 0.189. The molecular weight excluding hydrogens is 540 g/mol. The fourth-order valence-electron chi connectivity index (χ4n) is 5.63. The zero-order valence-corrected chi connectivity index (χ0v) is 26.6. The van der Waals surface area contributed by atoms with Gasteiger partial charge in [-0.05, 0) is 19.3 Å². The molecule has 0 saturated carbocycles. The van der Waals surface area contributed by atoms with Gasteiger partial charge in [0.15, 0.2) is 12.6 Å². The van der Waals surface area contributed by atoms with Gasteiger partial charge < -0.3 is 39.0 Å². The molecule has 0 bridgehead atoms. The summed E-state index contributed by atoms with van der Waals surface area (Å²) >= 11 is 0. The summed E-state index contributed by atoms with van der Waals surface area (Å²) < 4.78 is 28.2. The first kappa shape index (κ1) is 37.4. The highest BCUT2D eigenvalue weighted by Crippen LogP contribution is 2.30. The largest absolute Gasteiger partial charge is 0.463 e. The van der Waals surface area contributed by atoms with Crippen LogP contribution in [0.25, 0.3) is 0 Å². The quantitative estimate of drug-likeness (QED) is 0.0815. The van der Waals surface area contributed by atoms with E-state index in [2.05, 4.69) is 13.8 Å². The van der Waals surface area contributed by atoms with Crippen molar-refractivity contribution in [3.05, 3.63) is 0 Å². The molecule has 3 N–H and O–H groups in total. The van der Waals surface area contributed by atoms with Gasteiger partial charge in [0, 0.05) is 6.42 Å². The van der Waals surface area contributed by atoms with Crippen molar-refractivity contribution in [3.63, 3.8) is 0 Å². The average molecular weight is 603 g/mol. The molecule has 7 atom stereocenters. The lowest BCUT2D eigenvalue weighted by atomic mass is 10.1. The van der Waals surface area contributed by atoms with Crippen LogP contribution in [0.5, 0.6) is 0 Å². The Bertz CT molecular complexity index is 663. The van der Waals surface area contributed by atoms with Crippen LogP contribution in [-0.4, -0.2) is 84.2 Å². The molecule has 0 aromatic heterocycles. The fraction of sp³-hybridized carbons (Fsp3) is 0.970. The van der Waals surface area contributed by atoms with Crippen LogP contribution in [0.1, 0.15) is 142 Å². The molecule has 0 spiro atoms. The van der Waals surface area contributed by atoms with Crippen molar-refractivity contribution in [2.45, 2.75) is 185 Å². The number of unbranched alkanes of at least 4 members (excludes halogenated alkanes) is 16. The molecule has 0 aromatic carbocycles. The molecule has 248 valence electrons. The molecule has 9 nitrogen and oxygen atoms in total. The maximum absolute atomic E-state index is 12.0. The molecule has 0 radical (unpaired) electrons. The number of esters is 1. The molecule has 0 aliphatic carbocycles. The maximum Gasteiger partial charge on any atom is 0.305 e. The van der Waals surface area contributed by atoms with Gasteiger partial charge in [-0.25, -0.2) is 0 Å². The summed E-state index contributed by atoms with van der Waals surface area (Å²) in [6.07, 6.45) is 16.7. The standard InChI is InChI=1S/C33H62O9/c1-3-5-7-9-11-13-15-17-19-21-28(35)38-23-26(34)24-40-33-31(37)30(36)32(42-33)27-25-39-29(41-27)22-20-18-16-14-12-10-8-6-4-2/h26-27,29-34,36-37H,3-25H2,1-2H3/t26-,27-,29-,30-,31-,32+,33-/m1/s1. The van der Waals surface area contributed by atoms with Crippen molar-refractivity contribution in [1.82, 2.24) is 0 Å². The number of carbonyl (C=O) groups excluding carboxylic acids is 1. The van der Waals surface area contributed by atoms with E-state index < -0.39 is 36.8 Å². The van der Waals surface area contributed by atoms with Gasteiger partial charge in [0.2, 0.25) is 0 Å². The third-order valence-electron chi connectivity index (χ3n) is 8.31. The van der Waals surface area contributed by atoms with E-state index in [4.69, 9.17) is 23.7 Å². The zero-order chi connectivity index (χ0) is 30.4. The monoisotopic (exact) mass is 602 g/mol. The Morgan fingerprint density at radius 3 is 1.88 bits per heavy atom. The van der Waals surface area contributed by atoms with Crippen LogP contribution in [0.2, 0.25) is 0 Å². The molecule has 42 heavy (non-hydrogen) atoms. The first-order valence-corrected chi connectivity index (χ1v) is 17.2. The van der Waals surface area contributed by atoms with Crippen LogP contribution in [0.4, 0.5) is 0 Å². The van der Waals surface area contributed by atoms with Crippen molar-refractivity contribution in [3.8, 4) is 0 Å². The first-order valence-electron chi connectivity index (χ1n) is 17.2. The normalized spacial score (nSPS) is 26.6. The Morgan fingerprint density at radius 1 is 0.738 bits per heavy atom. The number of hydrogen-bond acceptors (Lipinski definition) is 9. The number of rotatable bonds is 26. The van der Waals surface area contributed by atoms with E-state index in [-0.39, 0.29) is 32.1 Å². The number of hydrogen-bond donors (Lipinski definition) is 3. The Labute approximate surface area is 255 Å². The van der Waals surface area contributed by atoms with Crippen LogP contribution >= 0.6 is 0 Å². The van der Waals surface area contributed by atoms with Gasteiger partial charge in [-0.1, -0.05) is 117 Å². The topological polar surface area (TPSA) is 124 Å². The number of carbonyl (C=O) groups is 1. The lowest BCUT2D eigenvalue weighted by Crippen LogP contribution is -2.40. The van der Waals surface area contributed by atoms with Crippen molar-refractivity contribution in [2.24, 2.45) is 0 Å². The van der Waals surface area contributed by atoms with Gasteiger partial charge in [-0.15, -0.1) is 0 Å². The summed E-state index contributed by atoms with van der Waals surface area (Å²) in [7, 11) is 0. The highest BCUT2D eigenvalue weighted by atomic mass is 16.8. The fourth-order valence-corrected chi connectivity index (χ4v) is 5.63. The lowest BCUT2D eigenvalue weighted by Gasteiger charge is -2.20. The van der Waals surface area contributed by atoms with Gasteiger partial charge in [0.25, 0.3) is 0 Å². The van der Waals surface area contributed by atoms with E-state index >= 15 is 0 Å². The van der Waals surface area contributed by atoms with Crippen LogP contribution in [0.3, 0.4) is 0 Å². The predicted molar refractivity (Wildman–Crippen MR) is 162 cm³/mol. The smallest absolute Gasteiger partial charge is 0.305 e. The molecule has 0 unspecified atom stereocenters. The van der Waals surface area contributed by atoms with Crippen molar-refractivity contribution in [2.75, 3.05) is 19.8 Å². The van der Waals surface area contributed by atoms with E-state index in [1.54, 1.807) is 0 Å². The van der Waals surface area contributed by atoms with Crippen LogP contribution in [-0.2, 0) is 28.5 Å². The van der Waals surface area contributed by atoms with E-state index in [1.165, 1.54) is 83.5 Å². The van der Waals surface area contributed by atoms with E-state index in [0.29, 0.717) is 6.42 Å². The average Bonchev–Trinajstić information content (AvgIpc) is 3.57. The third kappa shape index (κ3) is 15.8. The van der Waals surface area contributed by atoms with Gasteiger partial charge in [-0.2, -0.15) is 0 Å². The second-order valence-corrected chi connectivity index (χ2v) is 12.3. The van der Waals surface area contributed by atoms with Crippen LogP contribution in [0, 0.1) is 0 Å². The molecule has 9 heteroatoms. The first-order chi connectivity index (χ1) is 20.5. The Balaban J connectivity index is 1.51. The highest BCUT2D eigenvalue weighted by Gasteiger charge is 2.49. The predicted octanol–water partition coefficient (Wildman–Crippen LogP) is 5.94. The number of ether oxygens (including phenoxy) is 5. The maximum atomic E-state index is 12.0. The highest BCUT2D eigenvalue weighted by molar-refractivity contribution is 5.69. The Kier molecular flexibility index (Phi) is 21.0. The Hall–Kier alpha value is -0.810. The van der Waals surface area contributed by atoms with Gasteiger partial charge >= 0.3 is 5.97 Å². The van der Waals surface area contributed by atoms with Gasteiger partial charge in [0.05, 0.1) is 13.2 Å². The summed E-state index contributed by atoms with van der Waals surface area (Å²) in [5.74, 6) is -0.333. The summed E-state index contributed by atoms with van der Waals surface area (Å²) in [4.78, 5) is 12.0. The minimum Gasteiger partial charge on any atom is -0.463 e. The van der Waals surface area contributed by atoms with E-state index in [1.807, 2.05) is 0 Å². The molecular formula is C33H62O9. The Morgan fingerprint density at radius 2 is 1.29 bits per heavy atom. The van der Waals surface area contributed by atoms with Crippen molar-refractivity contribution < 1.29 is 43.8 Å². The number of aliphatic hydroxyl groups excluding tert-OH is 3. The second kappa shape index (κ2) is 23.6.